The molecule has 0 saturated carbocycles. The smallest absolute Gasteiger partial charge is 0.251 e. The average molecular weight is 509 g/mol. The van der Waals surface area contributed by atoms with E-state index >= 15 is 0 Å². The van der Waals surface area contributed by atoms with Gasteiger partial charge in [0.25, 0.3) is 5.91 Å². The highest BCUT2D eigenvalue weighted by atomic mass is 32.2. The summed E-state index contributed by atoms with van der Waals surface area (Å²) in [5.74, 6) is 0.634. The SMILES string of the molecule is COc1ccccc1N1CCN(Cc2ccccc2)C(CNC(=O)c2ccc(NS(C)(=O)=O)cc2)C1. The Labute approximate surface area is 212 Å². The number of anilines is 2. The van der Waals surface area contributed by atoms with E-state index in [0.29, 0.717) is 17.8 Å². The van der Waals surface area contributed by atoms with Crippen LogP contribution in [0, 0.1) is 0 Å². The molecule has 1 fully saturated rings. The monoisotopic (exact) mass is 508 g/mol. The van der Waals surface area contributed by atoms with Crippen molar-refractivity contribution in [1.29, 1.82) is 0 Å². The molecule has 1 saturated heterocycles. The fourth-order valence-corrected chi connectivity index (χ4v) is 5.00. The molecular weight excluding hydrogens is 476 g/mol. The van der Waals surface area contributed by atoms with Crippen LogP contribution in [0.4, 0.5) is 11.4 Å². The molecule has 3 aromatic rings. The molecule has 2 N–H and O–H groups in total. The lowest BCUT2D eigenvalue weighted by Crippen LogP contribution is -2.56. The van der Waals surface area contributed by atoms with Crippen LogP contribution in [0.2, 0.25) is 0 Å². The second-order valence-corrected chi connectivity index (χ2v) is 10.6. The third-order valence-electron chi connectivity index (χ3n) is 6.21. The Morgan fingerprint density at radius 1 is 0.972 bits per heavy atom. The van der Waals surface area contributed by atoms with Crippen LogP contribution in [0.3, 0.4) is 0 Å². The average Bonchev–Trinajstić information content (AvgIpc) is 2.88. The fourth-order valence-electron chi connectivity index (χ4n) is 4.44. The Kier molecular flexibility index (Phi) is 8.12. The topological polar surface area (TPSA) is 91.0 Å². The van der Waals surface area contributed by atoms with E-state index in [0.717, 1.165) is 43.9 Å². The minimum Gasteiger partial charge on any atom is -0.495 e. The summed E-state index contributed by atoms with van der Waals surface area (Å²) < 4.78 is 30.8. The Morgan fingerprint density at radius 2 is 1.67 bits per heavy atom. The van der Waals surface area contributed by atoms with Crippen molar-refractivity contribution >= 4 is 27.3 Å². The van der Waals surface area contributed by atoms with Gasteiger partial charge >= 0.3 is 0 Å². The number of para-hydroxylation sites is 2. The van der Waals surface area contributed by atoms with Crippen LogP contribution in [-0.4, -0.2) is 64.8 Å². The maximum absolute atomic E-state index is 12.9. The summed E-state index contributed by atoms with van der Waals surface area (Å²) in [4.78, 5) is 17.6. The molecule has 1 aliphatic heterocycles. The fraction of sp³-hybridized carbons (Fsp3) is 0.296. The predicted molar refractivity (Wildman–Crippen MR) is 143 cm³/mol. The van der Waals surface area contributed by atoms with Crippen molar-refractivity contribution in [2.45, 2.75) is 12.6 Å². The van der Waals surface area contributed by atoms with Gasteiger partial charge in [-0.05, 0) is 42.0 Å². The molecule has 190 valence electrons. The molecule has 9 heteroatoms. The van der Waals surface area contributed by atoms with Crippen LogP contribution in [0.5, 0.6) is 5.75 Å². The normalized spacial score (nSPS) is 16.4. The van der Waals surface area contributed by atoms with Gasteiger partial charge in [0.2, 0.25) is 10.0 Å². The minimum atomic E-state index is -3.37. The molecule has 1 heterocycles. The Balaban J connectivity index is 1.46. The van der Waals surface area contributed by atoms with Gasteiger partial charge in [-0.1, -0.05) is 42.5 Å². The highest BCUT2D eigenvalue weighted by Gasteiger charge is 2.29. The van der Waals surface area contributed by atoms with Crippen LogP contribution >= 0.6 is 0 Å². The van der Waals surface area contributed by atoms with Crippen LogP contribution in [0.15, 0.2) is 78.9 Å². The molecule has 0 spiro atoms. The number of amides is 1. The van der Waals surface area contributed by atoms with Crippen LogP contribution in [0.1, 0.15) is 15.9 Å². The molecule has 0 radical (unpaired) electrons. The van der Waals surface area contributed by atoms with E-state index in [1.807, 2.05) is 36.4 Å². The number of sulfonamides is 1. The van der Waals surface area contributed by atoms with Crippen LogP contribution in [-0.2, 0) is 16.6 Å². The minimum absolute atomic E-state index is 0.0824. The third-order valence-corrected chi connectivity index (χ3v) is 6.81. The van der Waals surface area contributed by atoms with Gasteiger partial charge in [0.15, 0.2) is 0 Å². The van der Waals surface area contributed by atoms with Crippen molar-refractivity contribution in [2.24, 2.45) is 0 Å². The Morgan fingerprint density at radius 3 is 2.36 bits per heavy atom. The molecule has 1 unspecified atom stereocenters. The van der Waals surface area contributed by atoms with Crippen molar-refractivity contribution in [3.8, 4) is 5.75 Å². The number of carbonyl (C=O) groups excluding carboxylic acids is 1. The number of nitrogens with zero attached hydrogens (tertiary/aromatic N) is 2. The zero-order chi connectivity index (χ0) is 25.5. The molecule has 0 aromatic heterocycles. The van der Waals surface area contributed by atoms with E-state index in [-0.39, 0.29) is 11.9 Å². The molecule has 1 atom stereocenters. The van der Waals surface area contributed by atoms with Crippen LogP contribution in [0.25, 0.3) is 0 Å². The molecule has 4 rings (SSSR count). The van der Waals surface area contributed by atoms with Crippen molar-refractivity contribution < 1.29 is 17.9 Å². The van der Waals surface area contributed by atoms with Gasteiger partial charge < -0.3 is 15.0 Å². The van der Waals surface area contributed by atoms with Gasteiger partial charge in [0, 0.05) is 50.0 Å². The number of methoxy groups -OCH3 is 1. The van der Waals surface area contributed by atoms with E-state index in [1.54, 1.807) is 31.4 Å². The molecule has 0 bridgehead atoms. The summed E-state index contributed by atoms with van der Waals surface area (Å²) in [6, 6.07) is 24.8. The first-order chi connectivity index (χ1) is 17.3. The highest BCUT2D eigenvalue weighted by molar-refractivity contribution is 7.92. The summed E-state index contributed by atoms with van der Waals surface area (Å²) >= 11 is 0. The van der Waals surface area contributed by atoms with Crippen LogP contribution < -0.4 is 19.7 Å². The third kappa shape index (κ3) is 6.77. The van der Waals surface area contributed by atoms with E-state index in [1.165, 1.54) is 5.56 Å². The number of nitrogens with one attached hydrogen (secondary N) is 2. The van der Waals surface area contributed by atoms with E-state index in [4.69, 9.17) is 4.74 Å². The van der Waals surface area contributed by atoms with Gasteiger partial charge in [-0.3, -0.25) is 14.4 Å². The van der Waals surface area contributed by atoms with Gasteiger partial charge in [-0.25, -0.2) is 8.42 Å². The predicted octanol–water partition coefficient (Wildman–Crippen LogP) is 3.19. The molecule has 1 aliphatic rings. The van der Waals surface area contributed by atoms with E-state index < -0.39 is 10.0 Å². The Bertz CT molecular complexity index is 1270. The number of carbonyl (C=O) groups is 1. The molecule has 36 heavy (non-hydrogen) atoms. The number of ether oxygens (including phenoxy) is 1. The molecule has 1 amide bonds. The van der Waals surface area contributed by atoms with Crippen molar-refractivity contribution in [3.63, 3.8) is 0 Å². The van der Waals surface area contributed by atoms with Gasteiger partial charge in [-0.15, -0.1) is 0 Å². The van der Waals surface area contributed by atoms with E-state index in [2.05, 4.69) is 38.0 Å². The largest absolute Gasteiger partial charge is 0.495 e. The van der Waals surface area contributed by atoms with Gasteiger partial charge in [0.1, 0.15) is 5.75 Å². The quantitative estimate of drug-likeness (QED) is 0.461. The first-order valence-corrected chi connectivity index (χ1v) is 13.7. The molecular formula is C27H32N4O4S. The molecule has 8 nitrogen and oxygen atoms in total. The summed E-state index contributed by atoms with van der Waals surface area (Å²) in [5.41, 5.74) is 3.17. The lowest BCUT2D eigenvalue weighted by atomic mass is 10.1. The van der Waals surface area contributed by atoms with E-state index in [9.17, 15) is 13.2 Å². The number of rotatable bonds is 9. The zero-order valence-corrected chi connectivity index (χ0v) is 21.4. The highest BCUT2D eigenvalue weighted by Crippen LogP contribution is 2.30. The summed E-state index contributed by atoms with van der Waals surface area (Å²) in [6.07, 6.45) is 1.09. The number of hydrogen-bond donors (Lipinski definition) is 2. The van der Waals surface area contributed by atoms with Crippen molar-refractivity contribution in [2.75, 3.05) is 49.2 Å². The lowest BCUT2D eigenvalue weighted by Gasteiger charge is -2.43. The van der Waals surface area contributed by atoms with Gasteiger partial charge in [0.05, 0.1) is 19.1 Å². The zero-order valence-electron chi connectivity index (χ0n) is 20.6. The van der Waals surface area contributed by atoms with Gasteiger partial charge in [-0.2, -0.15) is 0 Å². The summed E-state index contributed by atoms with van der Waals surface area (Å²) in [5, 5.41) is 3.08. The van der Waals surface area contributed by atoms with Crippen molar-refractivity contribution in [3.05, 3.63) is 90.0 Å². The maximum atomic E-state index is 12.9. The second-order valence-electron chi connectivity index (χ2n) is 8.89. The standard InChI is InChI=1S/C27H32N4O4S/c1-35-26-11-7-6-10-25(26)31-17-16-30(19-21-8-4-3-5-9-21)24(20-31)18-28-27(32)22-12-14-23(15-13-22)29-36(2,33)34/h3-15,24,29H,16-20H2,1-2H3,(H,28,32). The summed E-state index contributed by atoms with van der Waals surface area (Å²) in [7, 11) is -1.69. The molecule has 3 aromatic carbocycles. The number of piperazine rings is 1. The van der Waals surface area contributed by atoms with Crippen molar-refractivity contribution in [1.82, 2.24) is 10.2 Å². The Hall–Kier alpha value is -3.56. The number of benzene rings is 3. The number of hydrogen-bond acceptors (Lipinski definition) is 6. The lowest BCUT2D eigenvalue weighted by molar-refractivity contribution is 0.0924. The summed E-state index contributed by atoms with van der Waals surface area (Å²) in [6.45, 7) is 3.71. The first-order valence-electron chi connectivity index (χ1n) is 11.8. The molecule has 0 aliphatic carbocycles. The maximum Gasteiger partial charge on any atom is 0.251 e. The first kappa shape index (κ1) is 25.5. The second kappa shape index (κ2) is 11.5.